The van der Waals surface area contributed by atoms with Crippen LogP contribution < -0.4 is 5.32 Å². The Morgan fingerprint density at radius 2 is 2.00 bits per heavy atom. The van der Waals surface area contributed by atoms with Crippen LogP contribution in [0.4, 0.5) is 0 Å². The van der Waals surface area contributed by atoms with Crippen molar-refractivity contribution in [1.82, 2.24) is 5.32 Å². The zero-order valence-corrected chi connectivity index (χ0v) is 12.9. The van der Waals surface area contributed by atoms with Gasteiger partial charge in [-0.3, -0.25) is 4.79 Å². The molecule has 1 aliphatic carbocycles. The third-order valence-electron chi connectivity index (χ3n) is 3.49. The number of benzene rings is 1. The molecule has 2 atom stereocenters. The van der Waals surface area contributed by atoms with Gasteiger partial charge in [0.25, 0.3) is 0 Å². The number of hydrogen-bond donors (Lipinski definition) is 2. The molecule has 1 amide bonds. The molecule has 2 unspecified atom stereocenters. The lowest BCUT2D eigenvalue weighted by Gasteiger charge is -2.28. The third kappa shape index (κ3) is 5.00. The van der Waals surface area contributed by atoms with Gasteiger partial charge in [-0.15, -0.1) is 11.8 Å². The molecule has 1 fully saturated rings. The first-order valence-electron chi connectivity index (χ1n) is 7.01. The minimum Gasteiger partial charge on any atom is -0.391 e. The lowest BCUT2D eigenvalue weighted by atomic mass is 9.92. The van der Waals surface area contributed by atoms with E-state index in [-0.39, 0.29) is 18.1 Å². The number of aliphatic hydroxyl groups excluding tert-OH is 1. The first-order valence-corrected chi connectivity index (χ1v) is 8.37. The Morgan fingerprint density at radius 3 is 2.70 bits per heavy atom. The zero-order valence-electron chi connectivity index (χ0n) is 11.3. The van der Waals surface area contributed by atoms with Crippen molar-refractivity contribution in [1.29, 1.82) is 0 Å². The summed E-state index contributed by atoms with van der Waals surface area (Å²) in [6.45, 7) is 0. The number of carbonyl (C=O) groups is 1. The van der Waals surface area contributed by atoms with Gasteiger partial charge in [-0.05, 0) is 37.1 Å². The van der Waals surface area contributed by atoms with Crippen LogP contribution in [0.2, 0.25) is 5.02 Å². The fourth-order valence-corrected chi connectivity index (χ4v) is 3.33. The number of nitrogens with one attached hydrogen (secondary N) is 1. The van der Waals surface area contributed by atoms with Crippen LogP contribution in [0.5, 0.6) is 0 Å². The van der Waals surface area contributed by atoms with Crippen LogP contribution in [0, 0.1) is 0 Å². The smallest absolute Gasteiger partial charge is 0.221 e. The van der Waals surface area contributed by atoms with Crippen molar-refractivity contribution >= 4 is 29.3 Å². The Kier molecular flexibility index (Phi) is 6.20. The number of halogens is 1. The SMILES string of the molecule is O=C(CCSc1ccc(Cl)cc1)NC1CCCCC1O. The van der Waals surface area contributed by atoms with Crippen LogP contribution in [0.15, 0.2) is 29.2 Å². The second-order valence-corrected chi connectivity index (χ2v) is 6.68. The van der Waals surface area contributed by atoms with Gasteiger partial charge >= 0.3 is 0 Å². The molecule has 0 aliphatic heterocycles. The van der Waals surface area contributed by atoms with Crippen LogP contribution >= 0.6 is 23.4 Å². The third-order valence-corrected chi connectivity index (χ3v) is 4.75. The van der Waals surface area contributed by atoms with Gasteiger partial charge in [-0.2, -0.15) is 0 Å². The lowest BCUT2D eigenvalue weighted by Crippen LogP contribution is -2.45. The summed E-state index contributed by atoms with van der Waals surface area (Å²) in [5.41, 5.74) is 0. The number of thioether (sulfide) groups is 1. The van der Waals surface area contributed by atoms with E-state index in [1.54, 1.807) is 11.8 Å². The lowest BCUT2D eigenvalue weighted by molar-refractivity contribution is -0.122. The Labute approximate surface area is 129 Å². The van der Waals surface area contributed by atoms with Crippen LogP contribution in [0.3, 0.4) is 0 Å². The van der Waals surface area contributed by atoms with Crippen molar-refractivity contribution in [2.75, 3.05) is 5.75 Å². The molecule has 3 nitrogen and oxygen atoms in total. The Balaban J connectivity index is 1.68. The Hall–Kier alpha value is -0.710. The molecule has 2 N–H and O–H groups in total. The van der Waals surface area contributed by atoms with Crippen molar-refractivity contribution in [3.05, 3.63) is 29.3 Å². The first kappa shape index (κ1) is 15.7. The summed E-state index contributed by atoms with van der Waals surface area (Å²) in [6.07, 6.45) is 3.91. The van der Waals surface area contributed by atoms with Gasteiger partial charge in [0.2, 0.25) is 5.91 Å². The van der Waals surface area contributed by atoms with E-state index in [1.807, 2.05) is 24.3 Å². The number of carbonyl (C=O) groups excluding carboxylic acids is 1. The predicted molar refractivity (Wildman–Crippen MR) is 83.2 cm³/mol. The summed E-state index contributed by atoms with van der Waals surface area (Å²) < 4.78 is 0. The Bertz CT molecular complexity index is 438. The zero-order chi connectivity index (χ0) is 14.4. The topological polar surface area (TPSA) is 49.3 Å². The van der Waals surface area contributed by atoms with E-state index in [0.29, 0.717) is 6.42 Å². The molecule has 0 spiro atoms. The van der Waals surface area contributed by atoms with Crippen LogP contribution in [-0.2, 0) is 4.79 Å². The molecule has 0 saturated heterocycles. The average Bonchev–Trinajstić information content (AvgIpc) is 2.44. The molecular weight excluding hydrogens is 294 g/mol. The largest absolute Gasteiger partial charge is 0.391 e. The molecule has 0 aromatic heterocycles. The predicted octanol–water partition coefficient (Wildman–Crippen LogP) is 3.24. The molecular formula is C15H20ClNO2S. The van der Waals surface area contributed by atoms with Crippen LogP contribution in [0.25, 0.3) is 0 Å². The highest BCUT2D eigenvalue weighted by Gasteiger charge is 2.24. The highest BCUT2D eigenvalue weighted by Crippen LogP contribution is 2.21. The van der Waals surface area contributed by atoms with Gasteiger partial charge in [-0.1, -0.05) is 24.4 Å². The normalized spacial score (nSPS) is 22.5. The molecule has 0 radical (unpaired) electrons. The molecule has 1 aromatic carbocycles. The molecule has 110 valence electrons. The summed E-state index contributed by atoms with van der Waals surface area (Å²) in [5, 5.41) is 13.5. The minimum atomic E-state index is -0.378. The van der Waals surface area contributed by atoms with Gasteiger partial charge in [0.15, 0.2) is 0 Å². The number of amides is 1. The van der Waals surface area contributed by atoms with E-state index in [0.717, 1.165) is 41.4 Å². The molecule has 1 aliphatic rings. The van der Waals surface area contributed by atoms with Gasteiger partial charge in [-0.25, -0.2) is 0 Å². The highest BCUT2D eigenvalue weighted by atomic mass is 35.5. The van der Waals surface area contributed by atoms with E-state index in [1.165, 1.54) is 0 Å². The molecule has 20 heavy (non-hydrogen) atoms. The van der Waals surface area contributed by atoms with Crippen LogP contribution in [0.1, 0.15) is 32.1 Å². The molecule has 0 bridgehead atoms. The molecule has 0 heterocycles. The number of aliphatic hydroxyl groups is 1. The minimum absolute atomic E-state index is 0.0254. The summed E-state index contributed by atoms with van der Waals surface area (Å²) in [6, 6.07) is 7.55. The maximum atomic E-state index is 11.8. The van der Waals surface area contributed by atoms with E-state index in [2.05, 4.69) is 5.32 Å². The fourth-order valence-electron chi connectivity index (χ4n) is 2.35. The first-order chi connectivity index (χ1) is 9.65. The van der Waals surface area contributed by atoms with Crippen LogP contribution in [-0.4, -0.2) is 28.9 Å². The number of rotatable bonds is 5. The van der Waals surface area contributed by atoms with Gasteiger partial charge < -0.3 is 10.4 Å². The van der Waals surface area contributed by atoms with Crippen molar-refractivity contribution in [2.24, 2.45) is 0 Å². The molecule has 2 rings (SSSR count). The van der Waals surface area contributed by atoms with E-state index >= 15 is 0 Å². The number of hydrogen-bond acceptors (Lipinski definition) is 3. The van der Waals surface area contributed by atoms with E-state index in [4.69, 9.17) is 11.6 Å². The maximum Gasteiger partial charge on any atom is 0.221 e. The second kappa shape index (κ2) is 7.91. The highest BCUT2D eigenvalue weighted by molar-refractivity contribution is 7.99. The quantitative estimate of drug-likeness (QED) is 0.820. The summed E-state index contributed by atoms with van der Waals surface area (Å²) in [7, 11) is 0. The van der Waals surface area contributed by atoms with Crippen molar-refractivity contribution < 1.29 is 9.90 Å². The fraction of sp³-hybridized carbons (Fsp3) is 0.533. The van der Waals surface area contributed by atoms with Gasteiger partial charge in [0.05, 0.1) is 12.1 Å². The maximum absolute atomic E-state index is 11.8. The molecule has 1 aromatic rings. The average molecular weight is 314 g/mol. The van der Waals surface area contributed by atoms with Crippen molar-refractivity contribution in [3.8, 4) is 0 Å². The van der Waals surface area contributed by atoms with Crippen molar-refractivity contribution in [3.63, 3.8) is 0 Å². The molecule has 5 heteroatoms. The summed E-state index contributed by atoms with van der Waals surface area (Å²) in [4.78, 5) is 13.0. The second-order valence-electron chi connectivity index (χ2n) is 5.08. The van der Waals surface area contributed by atoms with E-state index in [9.17, 15) is 9.90 Å². The Morgan fingerprint density at radius 1 is 1.30 bits per heavy atom. The van der Waals surface area contributed by atoms with E-state index < -0.39 is 0 Å². The standard InChI is InChI=1S/C15H20ClNO2S/c16-11-5-7-12(8-6-11)20-10-9-15(19)17-13-3-1-2-4-14(13)18/h5-8,13-14,18H,1-4,9-10H2,(H,17,19). The summed E-state index contributed by atoms with van der Waals surface area (Å²) >= 11 is 7.46. The van der Waals surface area contributed by atoms with Gasteiger partial charge in [0, 0.05) is 22.1 Å². The monoisotopic (exact) mass is 313 g/mol. The van der Waals surface area contributed by atoms with Crippen molar-refractivity contribution in [2.45, 2.75) is 49.1 Å². The summed E-state index contributed by atoms with van der Waals surface area (Å²) in [5.74, 6) is 0.758. The molecule has 1 saturated carbocycles. The van der Waals surface area contributed by atoms with Gasteiger partial charge in [0.1, 0.15) is 0 Å².